The summed E-state index contributed by atoms with van der Waals surface area (Å²) in [5, 5.41) is 18.2. The van der Waals surface area contributed by atoms with Crippen molar-refractivity contribution >= 4 is 19.8 Å². The second-order valence-electron chi connectivity index (χ2n) is 14.0. The average Bonchev–Trinajstić information content (AvgIpc) is 3.10. The van der Waals surface area contributed by atoms with Crippen LogP contribution in [0.4, 0.5) is 0 Å². The minimum Gasteiger partial charge on any atom is -0.756 e. The zero-order chi connectivity index (χ0) is 37.0. The molecule has 11 nitrogen and oxygen atoms in total. The van der Waals surface area contributed by atoms with Gasteiger partial charge in [-0.25, -0.2) is 0 Å². The third-order valence-corrected chi connectivity index (χ3v) is 9.93. The molecular weight excluding hydrogens is 673 g/mol. The first-order valence-corrected chi connectivity index (χ1v) is 21.9. The number of carbonyl (C=O) groups is 2. The summed E-state index contributed by atoms with van der Waals surface area (Å²) >= 11 is 0. The Bertz CT molecular complexity index is 819. The predicted molar refractivity (Wildman–Crippen MR) is 205 cm³/mol. The number of hydrogen-bond donors (Lipinski definition) is 3. The van der Waals surface area contributed by atoms with E-state index in [0.717, 1.165) is 38.5 Å². The molecule has 0 aliphatic rings. The fourth-order valence-electron chi connectivity index (χ4n) is 5.81. The quantitative estimate of drug-likeness (QED) is 0.0309. The van der Waals surface area contributed by atoms with Crippen LogP contribution < -0.4 is 11.0 Å². The molecule has 0 aromatic rings. The van der Waals surface area contributed by atoms with Crippen molar-refractivity contribution in [3.63, 3.8) is 0 Å². The molecule has 0 amide bonds. The van der Waals surface area contributed by atoms with Crippen molar-refractivity contribution in [2.75, 3.05) is 26.4 Å². The number of phosphoric acid groups is 1. The van der Waals surface area contributed by atoms with Crippen molar-refractivity contribution in [3.8, 4) is 0 Å². The number of rotatable bonds is 39. The Morgan fingerprint density at radius 1 is 0.549 bits per heavy atom. The molecule has 6 N–H and O–H groups in total. The average molecular weight is 754 g/mol. The molecule has 0 rings (SSSR count). The van der Waals surface area contributed by atoms with Crippen molar-refractivity contribution in [2.45, 2.75) is 212 Å². The molecule has 3 atom stereocenters. The van der Waals surface area contributed by atoms with E-state index in [2.05, 4.69) is 18.4 Å². The van der Waals surface area contributed by atoms with Gasteiger partial charge in [0.05, 0.1) is 19.8 Å². The number of aliphatic hydroxyl groups excluding tert-OH is 2. The molecular formula is C39H80NO10P. The van der Waals surface area contributed by atoms with Crippen LogP contribution in [0.25, 0.3) is 0 Å². The molecule has 0 aromatic carbocycles. The molecule has 51 heavy (non-hydrogen) atoms. The molecule has 0 radical (unpaired) electrons. The first-order chi connectivity index (χ1) is 24.2. The highest BCUT2D eigenvalue weighted by Crippen LogP contribution is 2.38. The van der Waals surface area contributed by atoms with Gasteiger partial charge >= 0.3 is 11.9 Å². The summed E-state index contributed by atoms with van der Waals surface area (Å²) < 4.78 is 32.3. The van der Waals surface area contributed by atoms with Crippen LogP contribution in [0.5, 0.6) is 0 Å². The third kappa shape index (κ3) is 38.5. The number of aliphatic hydroxyl groups is 2. The van der Waals surface area contributed by atoms with Gasteiger partial charge in [0.1, 0.15) is 12.7 Å². The minimum absolute atomic E-state index is 0. The molecule has 0 heterocycles. The van der Waals surface area contributed by atoms with Gasteiger partial charge < -0.3 is 39.8 Å². The minimum atomic E-state index is -4.85. The standard InChI is InChI=1S/C39H77O10P.H3N/c1-3-5-7-9-11-13-15-17-19-21-23-25-27-29-31-39(43)49-37(35-48-50(44,45)47-33-36(41)32-40)34-46-38(42)30-28-26-24-22-20-18-16-14-12-10-8-6-4-2;/h36-37,40-41H,3-35H2,1-2H3,(H,44,45);1H3/t36-,37-;/m1./s1. The van der Waals surface area contributed by atoms with Crippen LogP contribution in [0.15, 0.2) is 0 Å². The van der Waals surface area contributed by atoms with Crippen LogP contribution >= 0.6 is 7.82 Å². The summed E-state index contributed by atoms with van der Waals surface area (Å²) in [6.07, 6.45) is 30.4. The van der Waals surface area contributed by atoms with E-state index < -0.39 is 51.8 Å². The molecule has 12 heteroatoms. The summed E-state index contributed by atoms with van der Waals surface area (Å²) in [7, 11) is -4.85. The molecule has 0 saturated carbocycles. The van der Waals surface area contributed by atoms with Crippen LogP contribution in [0.1, 0.15) is 200 Å². The molecule has 1 unspecified atom stereocenters. The van der Waals surface area contributed by atoms with Gasteiger partial charge in [-0.05, 0) is 12.8 Å². The van der Waals surface area contributed by atoms with Gasteiger partial charge in [-0.15, -0.1) is 0 Å². The Hall–Kier alpha value is -1.07. The Morgan fingerprint density at radius 3 is 1.25 bits per heavy atom. The number of hydrogen-bond acceptors (Lipinski definition) is 10. The highest BCUT2D eigenvalue weighted by molar-refractivity contribution is 7.45. The van der Waals surface area contributed by atoms with Crippen LogP contribution in [0.2, 0.25) is 0 Å². The van der Waals surface area contributed by atoms with Gasteiger partial charge in [-0.1, -0.05) is 174 Å². The second kappa shape index (κ2) is 38.6. The fraction of sp³-hybridized carbons (Fsp3) is 0.949. The zero-order valence-electron chi connectivity index (χ0n) is 33.1. The Labute approximate surface area is 311 Å². The van der Waals surface area contributed by atoms with Crippen molar-refractivity contribution in [1.82, 2.24) is 6.15 Å². The van der Waals surface area contributed by atoms with Crippen molar-refractivity contribution in [1.29, 1.82) is 0 Å². The van der Waals surface area contributed by atoms with Gasteiger partial charge in [0.25, 0.3) is 7.82 Å². The topological polar surface area (TPSA) is 188 Å². The van der Waals surface area contributed by atoms with Crippen LogP contribution in [-0.2, 0) is 32.7 Å². The number of phosphoric ester groups is 1. The van der Waals surface area contributed by atoms with E-state index in [9.17, 15) is 24.2 Å². The van der Waals surface area contributed by atoms with E-state index in [1.54, 1.807) is 0 Å². The van der Waals surface area contributed by atoms with E-state index in [0.29, 0.717) is 12.8 Å². The molecule has 0 fully saturated rings. The Balaban J connectivity index is 0. The Morgan fingerprint density at radius 2 is 0.882 bits per heavy atom. The lowest BCUT2D eigenvalue weighted by Gasteiger charge is -2.26. The van der Waals surface area contributed by atoms with Gasteiger partial charge in [0.2, 0.25) is 0 Å². The van der Waals surface area contributed by atoms with Gasteiger partial charge in [0.15, 0.2) is 6.10 Å². The zero-order valence-corrected chi connectivity index (χ0v) is 34.0. The normalized spacial score (nSPS) is 13.7. The van der Waals surface area contributed by atoms with Crippen molar-refractivity contribution < 1.29 is 47.8 Å². The molecule has 0 aliphatic heterocycles. The Kier molecular flexibility index (Phi) is 39.4. The largest absolute Gasteiger partial charge is 0.756 e. The maximum atomic E-state index is 12.5. The van der Waals surface area contributed by atoms with Gasteiger partial charge in [-0.3, -0.25) is 14.2 Å². The lowest BCUT2D eigenvalue weighted by Crippen LogP contribution is -2.30. The summed E-state index contributed by atoms with van der Waals surface area (Å²) in [4.78, 5) is 37.0. The lowest BCUT2D eigenvalue weighted by atomic mass is 10.0. The maximum Gasteiger partial charge on any atom is 0.306 e. The van der Waals surface area contributed by atoms with Gasteiger partial charge in [-0.2, -0.15) is 0 Å². The summed E-state index contributed by atoms with van der Waals surface area (Å²) in [6, 6.07) is 0. The molecule has 0 bridgehead atoms. The van der Waals surface area contributed by atoms with Gasteiger partial charge in [0, 0.05) is 12.8 Å². The van der Waals surface area contributed by atoms with E-state index in [1.807, 2.05) is 0 Å². The van der Waals surface area contributed by atoms with E-state index >= 15 is 0 Å². The van der Waals surface area contributed by atoms with E-state index in [-0.39, 0.29) is 25.6 Å². The number of quaternary nitrogens is 1. The SMILES string of the molecule is CCCCCCCCCCCCCCCCC(=O)O[C@H](COC(=O)CCCCCCCCCCCCCCC)COP(=O)([O-])OC[C@H](O)CO.[NH4+]. The van der Waals surface area contributed by atoms with Crippen molar-refractivity contribution in [3.05, 3.63) is 0 Å². The van der Waals surface area contributed by atoms with Crippen LogP contribution in [0, 0.1) is 0 Å². The first-order valence-electron chi connectivity index (χ1n) is 20.5. The maximum absolute atomic E-state index is 12.5. The number of unbranched alkanes of at least 4 members (excludes halogenated alkanes) is 25. The first kappa shape index (κ1) is 52.0. The lowest BCUT2D eigenvalue weighted by molar-refractivity contribution is -0.230. The summed E-state index contributed by atoms with van der Waals surface area (Å²) in [6.45, 7) is 2.21. The summed E-state index contributed by atoms with van der Waals surface area (Å²) in [5.41, 5.74) is 0. The smallest absolute Gasteiger partial charge is 0.306 e. The molecule has 306 valence electrons. The molecule has 0 spiro atoms. The molecule has 0 aromatic heterocycles. The fourth-order valence-corrected chi connectivity index (χ4v) is 6.59. The van der Waals surface area contributed by atoms with E-state index in [1.165, 1.54) is 122 Å². The monoisotopic (exact) mass is 754 g/mol. The van der Waals surface area contributed by atoms with E-state index in [4.69, 9.17) is 19.1 Å². The van der Waals surface area contributed by atoms with Crippen LogP contribution in [-0.4, -0.2) is 60.8 Å². The molecule has 0 saturated heterocycles. The number of ether oxygens (including phenoxy) is 2. The number of esters is 2. The highest BCUT2D eigenvalue weighted by atomic mass is 31.2. The predicted octanol–water partition coefficient (Wildman–Crippen LogP) is 10.0. The van der Waals surface area contributed by atoms with Crippen LogP contribution in [0.3, 0.4) is 0 Å². The van der Waals surface area contributed by atoms with Crippen molar-refractivity contribution in [2.24, 2.45) is 0 Å². The number of carbonyl (C=O) groups excluding carboxylic acids is 2. The summed E-state index contributed by atoms with van der Waals surface area (Å²) in [5.74, 6) is -0.948. The molecule has 0 aliphatic carbocycles. The third-order valence-electron chi connectivity index (χ3n) is 9.00. The highest BCUT2D eigenvalue weighted by Gasteiger charge is 2.21. The second-order valence-corrected chi connectivity index (χ2v) is 15.4.